The Morgan fingerprint density at radius 3 is 2.53 bits per heavy atom. The molecule has 2 saturated carbocycles. The summed E-state index contributed by atoms with van der Waals surface area (Å²) in [7, 11) is 0. The van der Waals surface area contributed by atoms with Gasteiger partial charge in [0.25, 0.3) is 0 Å². The van der Waals surface area contributed by atoms with Gasteiger partial charge in [-0.05, 0) is 48.4 Å². The molecular formula is C22H33N9O3. The van der Waals surface area contributed by atoms with Crippen molar-refractivity contribution in [2.75, 3.05) is 6.54 Å². The maximum Gasteiger partial charge on any atom is 0.248 e. The maximum absolute atomic E-state index is 13.8. The third kappa shape index (κ3) is 4.42. The number of hydrogen-bond acceptors (Lipinski definition) is 8. The Morgan fingerprint density at radius 2 is 1.88 bits per heavy atom. The highest BCUT2D eigenvalue weighted by Crippen LogP contribution is 2.40. The summed E-state index contributed by atoms with van der Waals surface area (Å²) in [5, 5.41) is 33.8. The fourth-order valence-electron chi connectivity index (χ4n) is 4.77. The van der Waals surface area contributed by atoms with E-state index in [0.29, 0.717) is 11.7 Å². The van der Waals surface area contributed by atoms with Crippen molar-refractivity contribution in [1.29, 1.82) is 0 Å². The van der Waals surface area contributed by atoms with E-state index < -0.39 is 29.6 Å². The Bertz CT molecular complexity index is 1070. The van der Waals surface area contributed by atoms with Crippen LogP contribution in [-0.4, -0.2) is 75.7 Å². The molecule has 34 heavy (non-hydrogen) atoms. The third-order valence-corrected chi connectivity index (χ3v) is 6.86. The van der Waals surface area contributed by atoms with E-state index >= 15 is 0 Å². The topological polar surface area (TPSA) is 144 Å². The van der Waals surface area contributed by atoms with Crippen molar-refractivity contribution >= 4 is 11.8 Å². The lowest BCUT2D eigenvalue weighted by atomic mass is 9.85. The largest absolute Gasteiger partial charge is 0.391 e. The zero-order valence-corrected chi connectivity index (χ0v) is 20.1. The average Bonchev–Trinajstić information content (AvgIpc) is 3.66. The van der Waals surface area contributed by atoms with Crippen molar-refractivity contribution in [2.45, 2.75) is 96.0 Å². The number of likely N-dealkylation sites (tertiary alicyclic amines) is 1. The second-order valence-corrected chi connectivity index (χ2v) is 11.0. The zero-order valence-electron chi connectivity index (χ0n) is 20.1. The summed E-state index contributed by atoms with van der Waals surface area (Å²) in [5.74, 6) is 0.444. The van der Waals surface area contributed by atoms with E-state index in [4.69, 9.17) is 0 Å². The van der Waals surface area contributed by atoms with Crippen molar-refractivity contribution in [2.24, 2.45) is 5.41 Å². The highest BCUT2D eigenvalue weighted by atomic mass is 16.3. The summed E-state index contributed by atoms with van der Waals surface area (Å²) >= 11 is 0. The molecule has 12 nitrogen and oxygen atoms in total. The molecule has 0 bridgehead atoms. The number of nitrogens with zero attached hydrogens (tertiary/aromatic N) is 8. The van der Waals surface area contributed by atoms with Crippen LogP contribution in [0.25, 0.3) is 0 Å². The fourth-order valence-corrected chi connectivity index (χ4v) is 4.77. The number of aliphatic hydroxyl groups is 1. The van der Waals surface area contributed by atoms with Gasteiger partial charge in [-0.25, -0.2) is 9.36 Å². The minimum atomic E-state index is -0.786. The summed E-state index contributed by atoms with van der Waals surface area (Å²) in [6, 6.07) is -1.57. The molecule has 2 aliphatic carbocycles. The van der Waals surface area contributed by atoms with E-state index in [1.165, 1.54) is 4.90 Å². The predicted molar refractivity (Wildman–Crippen MR) is 119 cm³/mol. The highest BCUT2D eigenvalue weighted by molar-refractivity contribution is 5.90. The minimum absolute atomic E-state index is 0.0991. The molecule has 3 fully saturated rings. The molecule has 1 saturated heterocycles. The second-order valence-electron chi connectivity index (χ2n) is 11.0. The van der Waals surface area contributed by atoms with E-state index in [2.05, 4.69) is 31.2 Å². The van der Waals surface area contributed by atoms with E-state index in [1.54, 1.807) is 9.36 Å². The number of rotatable bonds is 7. The molecule has 2 amide bonds. The Hall–Kier alpha value is -2.89. The van der Waals surface area contributed by atoms with Crippen LogP contribution < -0.4 is 5.32 Å². The number of nitrogens with one attached hydrogen (secondary N) is 1. The molecule has 0 radical (unpaired) electrons. The van der Waals surface area contributed by atoms with Crippen LogP contribution in [0.1, 0.15) is 95.4 Å². The lowest BCUT2D eigenvalue weighted by molar-refractivity contribution is -0.144. The number of β-amino-alcohol motifs (C(OH)–C–C–N with tert-alkyl or cyclic N) is 1. The van der Waals surface area contributed by atoms with Crippen LogP contribution in [0.5, 0.6) is 0 Å². The van der Waals surface area contributed by atoms with Gasteiger partial charge in [0.15, 0.2) is 5.82 Å². The number of aliphatic hydroxyl groups excluding tert-OH is 1. The molecule has 5 rings (SSSR count). The summed E-state index contributed by atoms with van der Waals surface area (Å²) in [4.78, 5) is 28.6. The first-order valence-corrected chi connectivity index (χ1v) is 12.1. The van der Waals surface area contributed by atoms with Gasteiger partial charge in [0.2, 0.25) is 11.8 Å². The lowest BCUT2D eigenvalue weighted by Crippen LogP contribution is -2.50. The van der Waals surface area contributed by atoms with Gasteiger partial charge in [0, 0.05) is 25.1 Å². The summed E-state index contributed by atoms with van der Waals surface area (Å²) < 4.78 is 3.39. The maximum atomic E-state index is 13.8. The Kier molecular flexibility index (Phi) is 5.65. The number of carbonyl (C=O) groups excluding carboxylic acids is 2. The van der Waals surface area contributed by atoms with Gasteiger partial charge in [-0.3, -0.25) is 9.59 Å². The Labute approximate surface area is 198 Å². The Balaban J connectivity index is 1.34. The first kappa shape index (κ1) is 22.9. The van der Waals surface area contributed by atoms with Crippen LogP contribution >= 0.6 is 0 Å². The molecule has 3 heterocycles. The molecule has 184 valence electrons. The molecule has 0 aromatic carbocycles. The number of tetrazole rings is 1. The minimum Gasteiger partial charge on any atom is -0.391 e. The second kappa shape index (κ2) is 8.40. The molecular weight excluding hydrogens is 438 g/mol. The molecule has 3 unspecified atom stereocenters. The Morgan fingerprint density at radius 1 is 1.15 bits per heavy atom. The third-order valence-electron chi connectivity index (χ3n) is 6.86. The van der Waals surface area contributed by atoms with Crippen LogP contribution in [0, 0.1) is 5.41 Å². The molecule has 12 heteroatoms. The van der Waals surface area contributed by atoms with Gasteiger partial charge in [-0.1, -0.05) is 26.0 Å². The number of amides is 2. The van der Waals surface area contributed by atoms with Gasteiger partial charge in [-0.2, -0.15) is 0 Å². The average molecular weight is 472 g/mol. The van der Waals surface area contributed by atoms with Crippen molar-refractivity contribution in [3.8, 4) is 0 Å². The number of hydrogen-bond donors (Lipinski definition) is 2. The normalized spacial score (nSPS) is 24.8. The van der Waals surface area contributed by atoms with Crippen LogP contribution in [0.4, 0.5) is 0 Å². The standard InChI is InChI=1S/C22H33N9O3/c1-12(19-25-26-28-31(19)14-7-8-14)23-20(33)17-9-15(32)10-29(17)21(34)18(22(2,3)4)30-11-16(24-27-30)13-5-6-13/h11-15,17-18,32H,5-10H2,1-4H3,(H,23,33)/t12?,15?,17?,18-/m1/s1. The molecule has 4 atom stereocenters. The predicted octanol–water partition coefficient (Wildman–Crippen LogP) is 0.903. The van der Waals surface area contributed by atoms with Gasteiger partial charge >= 0.3 is 0 Å². The molecule has 2 aromatic heterocycles. The van der Waals surface area contributed by atoms with Crippen molar-refractivity contribution < 1.29 is 14.7 Å². The van der Waals surface area contributed by atoms with E-state index in [0.717, 1.165) is 31.4 Å². The van der Waals surface area contributed by atoms with Gasteiger partial charge in [0.1, 0.15) is 12.1 Å². The van der Waals surface area contributed by atoms with Gasteiger partial charge < -0.3 is 15.3 Å². The molecule has 2 aromatic rings. The smallest absolute Gasteiger partial charge is 0.248 e. The van der Waals surface area contributed by atoms with Crippen molar-refractivity contribution in [3.05, 3.63) is 17.7 Å². The van der Waals surface area contributed by atoms with Gasteiger partial charge in [0.05, 0.1) is 23.9 Å². The fraction of sp³-hybridized carbons (Fsp3) is 0.773. The van der Waals surface area contributed by atoms with E-state index in [9.17, 15) is 14.7 Å². The molecule has 2 N–H and O–H groups in total. The van der Waals surface area contributed by atoms with Crippen molar-refractivity contribution in [1.82, 2.24) is 45.4 Å². The SMILES string of the molecule is CC(NC(=O)C1CC(O)CN1C(=O)[C@@H](n1cc(C2CC2)nn1)C(C)(C)C)c1nnnn1C1CC1. The van der Waals surface area contributed by atoms with E-state index in [1.807, 2.05) is 33.9 Å². The quantitative estimate of drug-likeness (QED) is 0.606. The van der Waals surface area contributed by atoms with E-state index in [-0.39, 0.29) is 30.8 Å². The summed E-state index contributed by atoms with van der Waals surface area (Å²) in [6.07, 6.45) is 5.49. The molecule has 0 spiro atoms. The highest BCUT2D eigenvalue weighted by Gasteiger charge is 2.46. The van der Waals surface area contributed by atoms with Crippen LogP contribution in [0.3, 0.4) is 0 Å². The number of carbonyl (C=O) groups is 2. The zero-order chi connectivity index (χ0) is 24.2. The van der Waals surface area contributed by atoms with Crippen molar-refractivity contribution in [3.63, 3.8) is 0 Å². The monoisotopic (exact) mass is 471 g/mol. The molecule has 3 aliphatic rings. The van der Waals surface area contributed by atoms with Crippen LogP contribution in [0.2, 0.25) is 0 Å². The van der Waals surface area contributed by atoms with Crippen LogP contribution in [-0.2, 0) is 9.59 Å². The lowest BCUT2D eigenvalue weighted by Gasteiger charge is -2.34. The number of aromatic nitrogens is 7. The summed E-state index contributed by atoms with van der Waals surface area (Å²) in [5.41, 5.74) is 0.430. The van der Waals surface area contributed by atoms with Gasteiger partial charge in [-0.15, -0.1) is 10.2 Å². The van der Waals surface area contributed by atoms with Crippen LogP contribution in [0.15, 0.2) is 6.20 Å². The molecule has 1 aliphatic heterocycles. The first-order chi connectivity index (χ1) is 16.1. The first-order valence-electron chi connectivity index (χ1n) is 12.1. The summed E-state index contributed by atoms with van der Waals surface area (Å²) in [6.45, 7) is 7.83.